The standard InChI is InChI=1S/C17H25NO/c1-12-5-3-4-6-17(12)15-9-16(10-15)18-11-14-7-8-19-13(14)2/h3-6,13-16,18H,7-11H2,1-2H3. The maximum Gasteiger partial charge on any atom is 0.0588 e. The Hall–Kier alpha value is -0.860. The molecule has 19 heavy (non-hydrogen) atoms. The second-order valence-electron chi connectivity index (χ2n) is 6.25. The number of aryl methyl sites for hydroxylation is 1. The highest BCUT2D eigenvalue weighted by Gasteiger charge is 2.32. The van der Waals surface area contributed by atoms with Gasteiger partial charge in [0.15, 0.2) is 0 Å². The van der Waals surface area contributed by atoms with Crippen LogP contribution in [0.1, 0.15) is 43.2 Å². The number of benzene rings is 1. The maximum atomic E-state index is 5.62. The molecule has 0 bridgehead atoms. The van der Waals surface area contributed by atoms with Crippen LogP contribution in [0.4, 0.5) is 0 Å². The molecule has 2 fully saturated rings. The lowest BCUT2D eigenvalue weighted by Gasteiger charge is -2.38. The summed E-state index contributed by atoms with van der Waals surface area (Å²) < 4.78 is 5.62. The van der Waals surface area contributed by atoms with E-state index in [4.69, 9.17) is 4.74 Å². The lowest BCUT2D eigenvalue weighted by atomic mass is 9.74. The molecule has 2 aliphatic rings. The van der Waals surface area contributed by atoms with E-state index in [2.05, 4.69) is 43.4 Å². The van der Waals surface area contributed by atoms with Gasteiger partial charge in [-0.15, -0.1) is 0 Å². The number of hydrogen-bond donors (Lipinski definition) is 1. The number of hydrogen-bond acceptors (Lipinski definition) is 2. The van der Waals surface area contributed by atoms with Crippen molar-refractivity contribution >= 4 is 0 Å². The van der Waals surface area contributed by atoms with Crippen LogP contribution in [0.15, 0.2) is 24.3 Å². The third kappa shape index (κ3) is 2.85. The molecule has 1 aromatic rings. The van der Waals surface area contributed by atoms with E-state index in [1.54, 1.807) is 5.56 Å². The van der Waals surface area contributed by atoms with Gasteiger partial charge in [0.1, 0.15) is 0 Å². The van der Waals surface area contributed by atoms with Crippen LogP contribution >= 0.6 is 0 Å². The highest BCUT2D eigenvalue weighted by atomic mass is 16.5. The van der Waals surface area contributed by atoms with Gasteiger partial charge in [-0.25, -0.2) is 0 Å². The second kappa shape index (κ2) is 5.64. The molecule has 1 saturated carbocycles. The zero-order valence-electron chi connectivity index (χ0n) is 12.1. The third-order valence-corrected chi connectivity index (χ3v) is 4.97. The SMILES string of the molecule is Cc1ccccc1C1CC(NCC2CCOC2C)C1. The van der Waals surface area contributed by atoms with Crippen molar-refractivity contribution in [2.75, 3.05) is 13.2 Å². The van der Waals surface area contributed by atoms with Crippen LogP contribution in [0, 0.1) is 12.8 Å². The highest BCUT2D eigenvalue weighted by molar-refractivity contribution is 5.31. The summed E-state index contributed by atoms with van der Waals surface area (Å²) in [7, 11) is 0. The molecule has 1 N–H and O–H groups in total. The first-order valence-corrected chi connectivity index (χ1v) is 7.64. The fraction of sp³-hybridized carbons (Fsp3) is 0.647. The predicted molar refractivity (Wildman–Crippen MR) is 78.5 cm³/mol. The van der Waals surface area contributed by atoms with Crippen LogP contribution in [0.3, 0.4) is 0 Å². The quantitative estimate of drug-likeness (QED) is 0.896. The molecule has 3 rings (SSSR count). The van der Waals surface area contributed by atoms with Gasteiger partial charge >= 0.3 is 0 Å². The smallest absolute Gasteiger partial charge is 0.0588 e. The summed E-state index contributed by atoms with van der Waals surface area (Å²) in [6, 6.07) is 9.55. The fourth-order valence-corrected chi connectivity index (χ4v) is 3.45. The minimum atomic E-state index is 0.444. The largest absolute Gasteiger partial charge is 0.378 e. The zero-order chi connectivity index (χ0) is 13.2. The monoisotopic (exact) mass is 259 g/mol. The van der Waals surface area contributed by atoms with Crippen molar-refractivity contribution < 1.29 is 4.74 Å². The molecule has 2 heteroatoms. The summed E-state index contributed by atoms with van der Waals surface area (Å²) in [5.41, 5.74) is 3.00. The van der Waals surface area contributed by atoms with Gasteiger partial charge in [-0.3, -0.25) is 0 Å². The van der Waals surface area contributed by atoms with E-state index in [9.17, 15) is 0 Å². The van der Waals surface area contributed by atoms with E-state index in [1.807, 2.05) is 0 Å². The molecule has 1 saturated heterocycles. The summed E-state index contributed by atoms with van der Waals surface area (Å²) >= 11 is 0. The molecule has 2 unspecified atom stereocenters. The van der Waals surface area contributed by atoms with Crippen LogP contribution in [-0.2, 0) is 4.74 Å². The number of nitrogens with one attached hydrogen (secondary N) is 1. The van der Waals surface area contributed by atoms with Gasteiger partial charge in [0.25, 0.3) is 0 Å². The molecule has 104 valence electrons. The van der Waals surface area contributed by atoms with E-state index in [0.717, 1.165) is 31.0 Å². The lowest BCUT2D eigenvalue weighted by molar-refractivity contribution is 0.103. The second-order valence-corrected chi connectivity index (χ2v) is 6.25. The van der Waals surface area contributed by atoms with Crippen molar-refractivity contribution in [3.05, 3.63) is 35.4 Å². The Balaban J connectivity index is 1.44. The average Bonchev–Trinajstić information content (AvgIpc) is 2.75. The topological polar surface area (TPSA) is 21.3 Å². The number of rotatable bonds is 4. The van der Waals surface area contributed by atoms with Crippen LogP contribution in [0.25, 0.3) is 0 Å². The Morgan fingerprint density at radius 3 is 2.74 bits per heavy atom. The summed E-state index contributed by atoms with van der Waals surface area (Å²) in [6.07, 6.45) is 4.27. The lowest BCUT2D eigenvalue weighted by Crippen LogP contribution is -2.43. The van der Waals surface area contributed by atoms with Crippen molar-refractivity contribution in [3.63, 3.8) is 0 Å². The van der Waals surface area contributed by atoms with Gasteiger partial charge in [0.2, 0.25) is 0 Å². The zero-order valence-corrected chi connectivity index (χ0v) is 12.1. The Morgan fingerprint density at radius 1 is 1.26 bits per heavy atom. The van der Waals surface area contributed by atoms with Crippen molar-refractivity contribution in [2.45, 2.75) is 51.2 Å². The van der Waals surface area contributed by atoms with E-state index in [-0.39, 0.29) is 0 Å². The van der Waals surface area contributed by atoms with Crippen LogP contribution in [0.2, 0.25) is 0 Å². The summed E-state index contributed by atoms with van der Waals surface area (Å²) in [5.74, 6) is 1.49. The first-order valence-electron chi connectivity index (χ1n) is 7.64. The molecule has 0 radical (unpaired) electrons. The Bertz CT molecular complexity index is 425. The molecule has 1 aliphatic heterocycles. The van der Waals surface area contributed by atoms with E-state index in [1.165, 1.54) is 24.8 Å². The summed E-state index contributed by atoms with van der Waals surface area (Å²) in [5, 5.41) is 3.73. The van der Waals surface area contributed by atoms with Crippen molar-refractivity contribution in [3.8, 4) is 0 Å². The molecule has 1 heterocycles. The van der Waals surface area contributed by atoms with Crippen LogP contribution < -0.4 is 5.32 Å². The van der Waals surface area contributed by atoms with Gasteiger partial charge in [0.05, 0.1) is 6.10 Å². The molecule has 1 aliphatic carbocycles. The van der Waals surface area contributed by atoms with Crippen molar-refractivity contribution in [1.82, 2.24) is 5.32 Å². The number of ether oxygens (including phenoxy) is 1. The molecule has 0 spiro atoms. The molecule has 0 amide bonds. The first-order chi connectivity index (χ1) is 9.24. The van der Waals surface area contributed by atoms with Crippen LogP contribution in [0.5, 0.6) is 0 Å². The Morgan fingerprint density at radius 2 is 2.05 bits per heavy atom. The van der Waals surface area contributed by atoms with Gasteiger partial charge in [0, 0.05) is 19.2 Å². The maximum absolute atomic E-state index is 5.62. The normalized spacial score (nSPS) is 34.2. The minimum Gasteiger partial charge on any atom is -0.378 e. The first kappa shape index (κ1) is 13.1. The summed E-state index contributed by atoms with van der Waals surface area (Å²) in [6.45, 7) is 6.51. The Labute approximate surface area is 116 Å². The molecular formula is C17H25NO. The molecular weight excluding hydrogens is 234 g/mol. The summed E-state index contributed by atoms with van der Waals surface area (Å²) in [4.78, 5) is 0. The van der Waals surface area contributed by atoms with E-state index < -0.39 is 0 Å². The third-order valence-electron chi connectivity index (χ3n) is 4.97. The van der Waals surface area contributed by atoms with Gasteiger partial charge in [-0.1, -0.05) is 24.3 Å². The fourth-order valence-electron chi connectivity index (χ4n) is 3.45. The molecule has 0 aromatic heterocycles. The average molecular weight is 259 g/mol. The molecule has 1 aromatic carbocycles. The van der Waals surface area contributed by atoms with E-state index >= 15 is 0 Å². The molecule has 2 atom stereocenters. The van der Waals surface area contributed by atoms with Gasteiger partial charge in [-0.2, -0.15) is 0 Å². The minimum absolute atomic E-state index is 0.444. The van der Waals surface area contributed by atoms with E-state index in [0.29, 0.717) is 6.10 Å². The van der Waals surface area contributed by atoms with Gasteiger partial charge in [-0.05, 0) is 56.1 Å². The highest BCUT2D eigenvalue weighted by Crippen LogP contribution is 2.38. The van der Waals surface area contributed by atoms with Crippen molar-refractivity contribution in [2.24, 2.45) is 5.92 Å². The predicted octanol–water partition coefficient (Wildman–Crippen LogP) is 3.26. The van der Waals surface area contributed by atoms with Gasteiger partial charge < -0.3 is 10.1 Å². The van der Waals surface area contributed by atoms with Crippen molar-refractivity contribution in [1.29, 1.82) is 0 Å². The Kier molecular flexibility index (Phi) is 3.90. The molecule has 2 nitrogen and oxygen atoms in total. The van der Waals surface area contributed by atoms with Crippen LogP contribution in [-0.4, -0.2) is 25.3 Å².